The van der Waals surface area contributed by atoms with Gasteiger partial charge in [0.1, 0.15) is 11.0 Å². The van der Waals surface area contributed by atoms with Crippen molar-refractivity contribution < 1.29 is 51.4 Å². The second-order valence-corrected chi connectivity index (χ2v) is 25.9. The predicted octanol–water partition coefficient (Wildman–Crippen LogP) is 18.5. The number of H-pyrrole nitrogens is 1. The summed E-state index contributed by atoms with van der Waals surface area (Å²) in [6.45, 7) is 0. The molecule has 0 saturated heterocycles. The normalized spacial score (nSPS) is 10.9. The summed E-state index contributed by atoms with van der Waals surface area (Å²) in [5.74, 6) is -1.50. The van der Waals surface area contributed by atoms with Crippen LogP contribution >= 0.6 is 54.5 Å². The van der Waals surface area contributed by atoms with Gasteiger partial charge in [-0.05, 0) is 77.7 Å². The van der Waals surface area contributed by atoms with Crippen LogP contribution in [-0.2, 0) is 39.3 Å². The standard InChI is InChI=1S/C21H15F2N7O.C14H11N3O2.C14H13N3.C8H6BrN3O2.C7H4BrN3O2.C7H4F2N4O3S.CH3I.2CH4.H2/c1-30-11-26-17-15(12-5-3-2-4-6-12)7-14(8-16(17)30)27-21-24-9-13(10-25-21)19-28-29-20(31-19)18(22)23;1-16-9-15-14-12(10-5-3-2-4-6-10)7-11(17(18)19)8-13(14)16;1-17-9-16-14-12(7-11(15)8-13(14)17)10-5-3-2-4-6-10;1-11-4-10-8-6(9)2-5(12(13)14)3-7(8)11;8-5-1-4(11(12)13)2-6-7(5)10-3-9-6;8-4(9)6-13-12-5(16-6)3-1-10-7(11-2-3)17(14)15;1-2;;;/h2-11,18H,1H3,(H,24,25,27);2-9H,1H3;2-9H,15H2,1H3;2-4H,1H3;1-3H,(H,9,10);1-2,4H,(H,14,15);1H3;2*1H4;1H/p-1. The molecule has 0 saturated carbocycles. The Balaban J connectivity index is 0.000000177. The second-order valence-electron chi connectivity index (χ2n) is 23.4. The lowest BCUT2D eigenvalue weighted by Gasteiger charge is -2.10. The van der Waals surface area contributed by atoms with Crippen molar-refractivity contribution in [2.45, 2.75) is 32.9 Å². The Morgan fingerprint density at radius 1 is 0.487 bits per heavy atom. The first-order valence-electron chi connectivity index (χ1n) is 32.4. The summed E-state index contributed by atoms with van der Waals surface area (Å²) < 4.78 is 88.8. The molecule has 592 valence electrons. The van der Waals surface area contributed by atoms with Crippen molar-refractivity contribution in [1.29, 1.82) is 0 Å². The topological polar surface area (TPSA) is 437 Å². The Hall–Kier alpha value is -13.1. The molecule has 9 heterocycles. The Bertz CT molecular complexity index is 6250. The number of non-ortho nitro benzene ring substituents is 3. The van der Waals surface area contributed by atoms with Crippen molar-refractivity contribution in [2.24, 2.45) is 28.2 Å². The highest BCUT2D eigenvalue weighted by atomic mass is 127. The average Bonchev–Trinajstić information content (AvgIpc) is 1.43. The molecule has 0 radical (unpaired) electrons. The van der Waals surface area contributed by atoms with Gasteiger partial charge in [0.15, 0.2) is 0 Å². The third kappa shape index (κ3) is 20.6. The second kappa shape index (κ2) is 38.9. The van der Waals surface area contributed by atoms with E-state index < -0.39 is 50.7 Å². The molecule has 0 aliphatic heterocycles. The fraction of sp³-hybridized carbons (Fsp3) is 0.122. The molecule has 1 unspecified atom stereocenters. The molecule has 0 aliphatic rings. The number of nitrogens with one attached hydrogen (secondary N) is 2. The third-order valence-corrected chi connectivity index (χ3v) is 17.8. The van der Waals surface area contributed by atoms with Crippen LogP contribution in [0.15, 0.2) is 231 Å². The van der Waals surface area contributed by atoms with Crippen LogP contribution < -0.4 is 11.1 Å². The van der Waals surface area contributed by atoms with E-state index in [0.717, 1.165) is 101 Å². The maximum Gasteiger partial charge on any atom is 0.314 e. The van der Waals surface area contributed by atoms with Gasteiger partial charge in [-0.2, -0.15) is 17.6 Å². The van der Waals surface area contributed by atoms with Crippen LogP contribution in [0.2, 0.25) is 0 Å². The highest BCUT2D eigenvalue weighted by Gasteiger charge is 2.22. The lowest BCUT2D eigenvalue weighted by molar-refractivity contribution is -0.385. The van der Waals surface area contributed by atoms with Gasteiger partial charge in [0, 0.05) is 130 Å². The van der Waals surface area contributed by atoms with Crippen LogP contribution in [-0.4, -0.2) is 117 Å². The van der Waals surface area contributed by atoms with Gasteiger partial charge < -0.3 is 47.7 Å². The molecular weight excluding hydrogens is 1770 g/mol. The van der Waals surface area contributed by atoms with Crippen LogP contribution in [0.5, 0.6) is 0 Å². The molecule has 9 aromatic heterocycles. The molecular formula is C74H65Br2F4IN23O10S-. The lowest BCUT2D eigenvalue weighted by Crippen LogP contribution is -1.98. The molecule has 1 atom stereocenters. The van der Waals surface area contributed by atoms with Crippen molar-refractivity contribution in [1.82, 2.24) is 88.5 Å². The Labute approximate surface area is 682 Å². The summed E-state index contributed by atoms with van der Waals surface area (Å²) in [5, 5.41) is 48.2. The first-order chi connectivity index (χ1) is 54.3. The first-order valence-corrected chi connectivity index (χ1v) is 37.2. The van der Waals surface area contributed by atoms with E-state index in [1.54, 1.807) is 47.3 Å². The van der Waals surface area contributed by atoms with E-state index in [1.165, 1.54) is 43.0 Å². The van der Waals surface area contributed by atoms with Gasteiger partial charge in [0.25, 0.3) is 40.6 Å². The average molecular weight is 1830 g/mol. The number of nitrogen functional groups attached to an aromatic ring is 1. The molecule has 0 bridgehead atoms. The van der Waals surface area contributed by atoms with Crippen molar-refractivity contribution >= 4 is 155 Å². The zero-order valence-corrected chi connectivity index (χ0v) is 65.1. The minimum Gasteiger partial charge on any atom is -0.766 e. The number of halogens is 7. The van der Waals surface area contributed by atoms with Gasteiger partial charge in [0.2, 0.25) is 11.1 Å². The van der Waals surface area contributed by atoms with Crippen molar-refractivity contribution in [3.05, 3.63) is 259 Å². The van der Waals surface area contributed by atoms with E-state index in [0.29, 0.717) is 31.5 Å². The number of fused-ring (bicyclic) bond motifs is 5. The fourth-order valence-electron chi connectivity index (χ4n) is 10.8. The highest BCUT2D eigenvalue weighted by molar-refractivity contribution is 14.1. The fourth-order valence-corrected chi connectivity index (χ4v) is 12.2. The number of nitro groups is 3. The van der Waals surface area contributed by atoms with Crippen LogP contribution in [0, 0.1) is 30.3 Å². The molecule has 17 aromatic rings. The van der Waals surface area contributed by atoms with Gasteiger partial charge in [-0.25, -0.2) is 44.9 Å². The number of anilines is 3. The predicted molar refractivity (Wildman–Crippen MR) is 442 cm³/mol. The Morgan fingerprint density at radius 2 is 0.861 bits per heavy atom. The number of hydrogen-bond donors (Lipinski definition) is 3. The van der Waals surface area contributed by atoms with Crippen molar-refractivity contribution in [2.75, 3.05) is 16.0 Å². The van der Waals surface area contributed by atoms with Gasteiger partial charge >= 0.3 is 12.9 Å². The largest absolute Gasteiger partial charge is 0.766 e. The number of hydrogen-bond acceptors (Lipinski definition) is 25. The minimum atomic E-state index is -2.87. The van der Waals surface area contributed by atoms with E-state index in [2.05, 4.69) is 147 Å². The Kier molecular flexibility index (Phi) is 29.0. The van der Waals surface area contributed by atoms with E-state index >= 15 is 0 Å². The molecule has 0 fully saturated rings. The number of aromatic nitrogens is 18. The van der Waals surface area contributed by atoms with E-state index in [9.17, 15) is 56.7 Å². The van der Waals surface area contributed by atoms with Crippen LogP contribution in [0.3, 0.4) is 0 Å². The molecule has 41 heteroatoms. The first kappa shape index (κ1) is 85.9. The quantitative estimate of drug-likeness (QED) is 0.0141. The van der Waals surface area contributed by atoms with Gasteiger partial charge in [-0.1, -0.05) is 128 Å². The maximum absolute atomic E-state index is 12.6. The summed E-state index contributed by atoms with van der Waals surface area (Å²) in [4.78, 5) is 72.5. The number of nitrogens with two attached hydrogens (primary N) is 1. The zero-order valence-electron chi connectivity index (χ0n) is 58.9. The molecule has 0 amide bonds. The number of aromatic amines is 1. The van der Waals surface area contributed by atoms with E-state index in [1.807, 2.05) is 145 Å². The number of nitrogens with zero attached hydrogens (tertiary/aromatic N) is 20. The summed E-state index contributed by atoms with van der Waals surface area (Å²) in [6.07, 6.45) is 7.70. The summed E-state index contributed by atoms with van der Waals surface area (Å²) in [6, 6.07) is 46.6. The lowest BCUT2D eigenvalue weighted by atomic mass is 10.0. The number of imidazole rings is 5. The molecule has 4 N–H and O–H groups in total. The summed E-state index contributed by atoms with van der Waals surface area (Å²) >= 11 is 6.05. The minimum absolute atomic E-state index is 0. The monoisotopic (exact) mass is 1830 g/mol. The van der Waals surface area contributed by atoms with E-state index in [4.69, 9.17) is 10.2 Å². The SMILES string of the molecule is C.C.CI.Cn1cnc2c(-c3ccccc3)cc(N)cc21.Cn1cnc2c(-c3ccccc3)cc(Nc3ncc(-c4nnc(C(F)F)o4)cn3)cc21.Cn1cnc2c(-c3ccccc3)cc([N+](=O)[O-])cc21.Cn1cnc2c(Br)cc([N+](=O)[O-])cc21.O=S([O-])c1ncc(-c2nnc(C(F)F)o2)cn1.O=[N+]([O-])c1cc(Br)c2nc[nH]c2c1.[HH]. The number of alkyl halides is 5. The number of nitro benzene ring substituents is 3. The summed E-state index contributed by atoms with van der Waals surface area (Å²) in [7, 11) is 7.53. The number of aryl methyl sites for hydroxylation is 4. The maximum atomic E-state index is 12.6. The molecule has 0 spiro atoms. The molecule has 8 aromatic carbocycles. The third-order valence-electron chi connectivity index (χ3n) is 16.0. The van der Waals surface area contributed by atoms with E-state index in [-0.39, 0.29) is 55.6 Å². The number of rotatable bonds is 13. The molecule has 0 aliphatic carbocycles. The van der Waals surface area contributed by atoms with Gasteiger partial charge in [-0.15, -0.1) is 20.4 Å². The summed E-state index contributed by atoms with van der Waals surface area (Å²) in [5.41, 5.74) is 22.4. The molecule has 115 heavy (non-hydrogen) atoms. The highest BCUT2D eigenvalue weighted by Crippen LogP contribution is 2.36. The van der Waals surface area contributed by atoms with Crippen LogP contribution in [0.1, 0.15) is 40.9 Å². The van der Waals surface area contributed by atoms with Crippen molar-refractivity contribution in [3.63, 3.8) is 0 Å². The Morgan fingerprint density at radius 3 is 1.29 bits per heavy atom. The van der Waals surface area contributed by atoms with Crippen molar-refractivity contribution in [3.8, 4) is 56.3 Å². The zero-order chi connectivity index (χ0) is 80.7. The molecule has 33 nitrogen and oxygen atoms in total. The van der Waals surface area contributed by atoms with Gasteiger partial charge in [-0.3, -0.25) is 34.6 Å². The van der Waals surface area contributed by atoms with Crippen LogP contribution in [0.4, 0.5) is 51.9 Å². The van der Waals surface area contributed by atoms with Gasteiger partial charge in [0.05, 0.1) is 111 Å². The van der Waals surface area contributed by atoms with Crippen LogP contribution in [0.25, 0.3) is 111 Å². The smallest absolute Gasteiger partial charge is 0.314 e. The number of benzene rings is 8. The molecule has 17 rings (SSSR count).